The van der Waals surface area contributed by atoms with Crippen LogP contribution in [0.3, 0.4) is 0 Å². The van der Waals surface area contributed by atoms with Gasteiger partial charge in [0.15, 0.2) is 0 Å². The zero-order valence-corrected chi connectivity index (χ0v) is 9.44. The van der Waals surface area contributed by atoms with Crippen molar-refractivity contribution in [2.24, 2.45) is 0 Å². The number of carbonyl (C=O) groups excluding carboxylic acids is 1. The minimum atomic E-state index is -1.02. The van der Waals surface area contributed by atoms with Crippen LogP contribution in [-0.4, -0.2) is 37.2 Å². The molecular formula is C10H15ClFNO2. The van der Waals surface area contributed by atoms with Gasteiger partial charge < -0.3 is 4.74 Å². The third-order valence-corrected chi connectivity index (χ3v) is 2.93. The van der Waals surface area contributed by atoms with Crippen LogP contribution in [0.15, 0.2) is 12.2 Å². The molecule has 0 radical (unpaired) electrons. The highest BCUT2D eigenvalue weighted by atomic mass is 35.5. The Morgan fingerprint density at radius 3 is 2.87 bits per heavy atom. The average molecular weight is 236 g/mol. The summed E-state index contributed by atoms with van der Waals surface area (Å²) in [4.78, 5) is 11.6. The highest BCUT2D eigenvalue weighted by molar-refractivity contribution is 6.19. The van der Waals surface area contributed by atoms with Gasteiger partial charge in [0.25, 0.3) is 0 Å². The maximum absolute atomic E-state index is 13.1. The van der Waals surface area contributed by atoms with E-state index in [2.05, 4.69) is 16.6 Å². The summed E-state index contributed by atoms with van der Waals surface area (Å²) in [7, 11) is 1.29. The summed E-state index contributed by atoms with van der Waals surface area (Å²) in [5.74, 6) is -0.189. The smallest absolute Gasteiger partial charge is 0.326 e. The summed E-state index contributed by atoms with van der Waals surface area (Å²) in [6.07, 6.45) is -0.577. The number of methoxy groups -OCH3 is 1. The summed E-state index contributed by atoms with van der Waals surface area (Å²) in [6.45, 7) is 3.89. The number of ether oxygens (including phenoxy) is 1. The molecule has 0 aromatic carbocycles. The molecule has 1 unspecified atom stereocenters. The lowest BCUT2D eigenvalue weighted by atomic mass is 9.90. The van der Waals surface area contributed by atoms with Crippen molar-refractivity contribution in [1.29, 1.82) is 0 Å². The molecule has 86 valence electrons. The van der Waals surface area contributed by atoms with E-state index in [0.29, 0.717) is 12.0 Å². The normalized spacial score (nSPS) is 30.2. The van der Waals surface area contributed by atoms with Gasteiger partial charge >= 0.3 is 5.97 Å². The summed E-state index contributed by atoms with van der Waals surface area (Å²) < 4.78 is 17.8. The van der Waals surface area contributed by atoms with Crippen LogP contribution >= 0.6 is 11.6 Å². The van der Waals surface area contributed by atoms with Gasteiger partial charge in [-0.15, -0.1) is 11.6 Å². The third kappa shape index (κ3) is 2.69. The van der Waals surface area contributed by atoms with Crippen LogP contribution in [0.2, 0.25) is 0 Å². The summed E-state index contributed by atoms with van der Waals surface area (Å²) >= 11 is 5.60. The molecular weight excluding hydrogens is 221 g/mol. The van der Waals surface area contributed by atoms with Crippen molar-refractivity contribution in [2.45, 2.75) is 24.6 Å². The van der Waals surface area contributed by atoms with Gasteiger partial charge in [-0.1, -0.05) is 12.2 Å². The maximum atomic E-state index is 13.1. The van der Waals surface area contributed by atoms with Crippen molar-refractivity contribution in [3.8, 4) is 0 Å². The van der Waals surface area contributed by atoms with Crippen LogP contribution in [0.4, 0.5) is 4.39 Å². The van der Waals surface area contributed by atoms with Crippen molar-refractivity contribution in [3.05, 3.63) is 12.2 Å². The lowest BCUT2D eigenvalue weighted by molar-refractivity contribution is -0.148. The number of esters is 1. The maximum Gasteiger partial charge on any atom is 0.326 e. The van der Waals surface area contributed by atoms with Gasteiger partial charge in [-0.05, 0) is 6.42 Å². The number of hydrogen-bond acceptors (Lipinski definition) is 3. The number of carbonyl (C=O) groups is 1. The van der Waals surface area contributed by atoms with Crippen LogP contribution in [-0.2, 0) is 9.53 Å². The lowest BCUT2D eigenvalue weighted by Gasteiger charge is -2.26. The Kier molecular flexibility index (Phi) is 4.11. The molecule has 3 nitrogen and oxygen atoms in total. The average Bonchev–Trinajstić information content (AvgIpc) is 2.59. The van der Waals surface area contributed by atoms with Crippen molar-refractivity contribution < 1.29 is 13.9 Å². The summed E-state index contributed by atoms with van der Waals surface area (Å²) in [5.41, 5.74) is -0.274. The molecule has 0 spiro atoms. The molecule has 0 amide bonds. The SMILES string of the molecule is C=C(CCl)CC1(C(=O)OC)C[C@H](F)CN1. The Morgan fingerprint density at radius 1 is 1.80 bits per heavy atom. The second-order valence-corrected chi connectivity index (χ2v) is 4.08. The van der Waals surface area contributed by atoms with Crippen LogP contribution in [0.1, 0.15) is 12.8 Å². The Balaban J connectivity index is 2.78. The number of nitrogens with one attached hydrogen (secondary N) is 1. The highest BCUT2D eigenvalue weighted by Crippen LogP contribution is 2.29. The number of alkyl halides is 2. The van der Waals surface area contributed by atoms with Crippen molar-refractivity contribution in [1.82, 2.24) is 5.32 Å². The van der Waals surface area contributed by atoms with Gasteiger partial charge in [0.05, 0.1) is 7.11 Å². The molecule has 0 aliphatic carbocycles. The van der Waals surface area contributed by atoms with E-state index in [1.54, 1.807) is 0 Å². The van der Waals surface area contributed by atoms with Crippen LogP contribution in [0.25, 0.3) is 0 Å². The first-order valence-corrected chi connectivity index (χ1v) is 5.27. The van der Waals surface area contributed by atoms with Gasteiger partial charge in [-0.3, -0.25) is 10.1 Å². The minimum Gasteiger partial charge on any atom is -0.468 e. The molecule has 1 rings (SSSR count). The van der Waals surface area contributed by atoms with E-state index in [1.165, 1.54) is 7.11 Å². The second-order valence-electron chi connectivity index (χ2n) is 3.82. The quantitative estimate of drug-likeness (QED) is 0.455. The van der Waals surface area contributed by atoms with Crippen LogP contribution in [0.5, 0.6) is 0 Å². The largest absolute Gasteiger partial charge is 0.468 e. The first-order valence-electron chi connectivity index (χ1n) is 4.74. The molecule has 1 N–H and O–H groups in total. The molecule has 0 aromatic rings. The van der Waals surface area contributed by atoms with Gasteiger partial charge in [0.1, 0.15) is 11.7 Å². The highest BCUT2D eigenvalue weighted by Gasteiger charge is 2.46. The first kappa shape index (κ1) is 12.5. The molecule has 1 aliphatic rings. The number of hydrogen-bond donors (Lipinski definition) is 1. The third-order valence-electron chi connectivity index (χ3n) is 2.55. The van der Waals surface area contributed by atoms with E-state index in [4.69, 9.17) is 11.6 Å². The monoisotopic (exact) mass is 235 g/mol. The number of halogens is 2. The molecule has 1 heterocycles. The van der Waals surface area contributed by atoms with E-state index in [-0.39, 0.29) is 18.8 Å². The zero-order chi connectivity index (χ0) is 11.5. The molecule has 15 heavy (non-hydrogen) atoms. The van der Waals surface area contributed by atoms with E-state index >= 15 is 0 Å². The molecule has 1 saturated heterocycles. The van der Waals surface area contributed by atoms with Crippen molar-refractivity contribution >= 4 is 17.6 Å². The predicted octanol–water partition coefficient (Wildman–Crippen LogP) is 1.41. The molecule has 0 aromatic heterocycles. The van der Waals surface area contributed by atoms with Gasteiger partial charge in [0.2, 0.25) is 0 Å². The van der Waals surface area contributed by atoms with E-state index in [1.807, 2.05) is 0 Å². The second kappa shape index (κ2) is 4.94. The Bertz CT molecular complexity index is 272. The fourth-order valence-electron chi connectivity index (χ4n) is 1.86. The first-order chi connectivity index (χ1) is 7.04. The molecule has 0 saturated carbocycles. The summed E-state index contributed by atoms with van der Waals surface area (Å²) in [6, 6.07) is 0. The van der Waals surface area contributed by atoms with Crippen LogP contribution < -0.4 is 5.32 Å². The number of rotatable bonds is 4. The molecule has 5 heteroatoms. The van der Waals surface area contributed by atoms with Crippen LogP contribution in [0, 0.1) is 0 Å². The molecule has 2 atom stereocenters. The lowest BCUT2D eigenvalue weighted by Crippen LogP contribution is -2.48. The Hall–Kier alpha value is -0.610. The Labute approximate surface area is 93.6 Å². The molecule has 0 bridgehead atoms. The van der Waals surface area contributed by atoms with Crippen molar-refractivity contribution in [2.75, 3.05) is 19.5 Å². The van der Waals surface area contributed by atoms with Gasteiger partial charge in [-0.2, -0.15) is 0 Å². The van der Waals surface area contributed by atoms with Crippen molar-refractivity contribution in [3.63, 3.8) is 0 Å². The van der Waals surface area contributed by atoms with E-state index in [0.717, 1.165) is 0 Å². The molecule has 1 aliphatic heterocycles. The fourth-order valence-corrected chi connectivity index (χ4v) is 1.95. The topological polar surface area (TPSA) is 38.3 Å². The zero-order valence-electron chi connectivity index (χ0n) is 8.69. The van der Waals surface area contributed by atoms with Gasteiger partial charge in [-0.25, -0.2) is 4.39 Å². The summed E-state index contributed by atoms with van der Waals surface area (Å²) in [5, 5.41) is 2.87. The fraction of sp³-hybridized carbons (Fsp3) is 0.700. The van der Waals surface area contributed by atoms with Gasteiger partial charge in [0, 0.05) is 18.8 Å². The standard InChI is InChI=1S/C10H15ClFNO2/c1-7(5-11)3-10(9(14)15-2)4-8(12)6-13-10/h8,13H,1,3-6H2,2H3/t8-,10?/m0/s1. The van der Waals surface area contributed by atoms with E-state index in [9.17, 15) is 9.18 Å². The Morgan fingerprint density at radius 2 is 2.47 bits per heavy atom. The minimum absolute atomic E-state index is 0.121. The van der Waals surface area contributed by atoms with E-state index < -0.39 is 17.7 Å². The predicted molar refractivity (Wildman–Crippen MR) is 56.7 cm³/mol. The molecule has 1 fully saturated rings.